The first-order valence-electron chi connectivity index (χ1n) is 6.09. The standard InChI is InChI=1S/C14H13BrF3N3/c1-3-6-21-8-9(2)19-13(21)20-12-7-10(14(16,17)18)4-5-11(12)15/h3-5,7-8H,1,6H2,2H3,(H,19,20). The topological polar surface area (TPSA) is 29.9 Å². The third kappa shape index (κ3) is 3.66. The number of hydrogen-bond acceptors (Lipinski definition) is 2. The zero-order valence-electron chi connectivity index (χ0n) is 11.2. The summed E-state index contributed by atoms with van der Waals surface area (Å²) < 4.78 is 40.6. The maximum atomic E-state index is 12.8. The highest BCUT2D eigenvalue weighted by Crippen LogP contribution is 2.35. The Hall–Kier alpha value is -1.76. The number of halogens is 4. The normalized spacial score (nSPS) is 11.5. The molecule has 0 bridgehead atoms. The van der Waals surface area contributed by atoms with Crippen LogP contribution < -0.4 is 5.32 Å². The van der Waals surface area contributed by atoms with Crippen molar-refractivity contribution in [2.45, 2.75) is 19.6 Å². The smallest absolute Gasteiger partial charge is 0.325 e. The van der Waals surface area contributed by atoms with Gasteiger partial charge in [-0.2, -0.15) is 13.2 Å². The van der Waals surface area contributed by atoms with Crippen LogP contribution in [0.1, 0.15) is 11.3 Å². The van der Waals surface area contributed by atoms with Crippen molar-refractivity contribution in [3.63, 3.8) is 0 Å². The Bertz CT molecular complexity index is 662. The number of nitrogens with zero attached hydrogens (tertiary/aromatic N) is 2. The minimum Gasteiger partial charge on any atom is -0.325 e. The van der Waals surface area contributed by atoms with Crippen LogP contribution in [-0.4, -0.2) is 9.55 Å². The van der Waals surface area contributed by atoms with E-state index in [0.29, 0.717) is 22.7 Å². The van der Waals surface area contributed by atoms with Gasteiger partial charge in [0.05, 0.1) is 16.9 Å². The molecule has 0 aliphatic rings. The van der Waals surface area contributed by atoms with Gasteiger partial charge in [-0.15, -0.1) is 6.58 Å². The minimum atomic E-state index is -4.39. The van der Waals surface area contributed by atoms with Crippen molar-refractivity contribution in [2.24, 2.45) is 0 Å². The summed E-state index contributed by atoms with van der Waals surface area (Å²) in [6, 6.07) is 3.43. The summed E-state index contributed by atoms with van der Waals surface area (Å²) in [5.74, 6) is 0.465. The third-order valence-electron chi connectivity index (χ3n) is 2.76. The number of anilines is 2. The van der Waals surface area contributed by atoms with Crippen molar-refractivity contribution in [3.05, 3.63) is 52.8 Å². The lowest BCUT2D eigenvalue weighted by Gasteiger charge is -2.13. The fourth-order valence-electron chi connectivity index (χ4n) is 1.84. The van der Waals surface area contributed by atoms with Crippen LogP contribution in [0, 0.1) is 6.92 Å². The molecule has 0 fully saturated rings. The summed E-state index contributed by atoms with van der Waals surface area (Å²) in [6.45, 7) is 5.97. The van der Waals surface area contributed by atoms with Crippen LogP contribution in [-0.2, 0) is 12.7 Å². The first kappa shape index (κ1) is 15.6. The van der Waals surface area contributed by atoms with Crippen molar-refractivity contribution < 1.29 is 13.2 Å². The predicted molar refractivity (Wildman–Crippen MR) is 79.6 cm³/mol. The molecule has 1 aromatic carbocycles. The highest BCUT2D eigenvalue weighted by Gasteiger charge is 2.31. The summed E-state index contributed by atoms with van der Waals surface area (Å²) >= 11 is 3.24. The molecule has 1 aromatic heterocycles. The van der Waals surface area contributed by atoms with E-state index in [0.717, 1.165) is 17.8 Å². The van der Waals surface area contributed by atoms with Gasteiger partial charge in [0.2, 0.25) is 5.95 Å². The fourth-order valence-corrected chi connectivity index (χ4v) is 2.19. The molecule has 2 aromatic rings. The van der Waals surface area contributed by atoms with Crippen molar-refractivity contribution in [1.82, 2.24) is 9.55 Å². The number of hydrogen-bond donors (Lipinski definition) is 1. The van der Waals surface area contributed by atoms with Crippen LogP contribution in [0.15, 0.2) is 41.5 Å². The number of imidazole rings is 1. The Morgan fingerprint density at radius 1 is 1.43 bits per heavy atom. The Labute approximate surface area is 128 Å². The van der Waals surface area contributed by atoms with Gasteiger partial charge >= 0.3 is 6.18 Å². The van der Waals surface area contributed by atoms with Crippen molar-refractivity contribution in [1.29, 1.82) is 0 Å². The number of aryl methyl sites for hydroxylation is 1. The second-order valence-corrected chi connectivity index (χ2v) is 5.32. The number of aromatic nitrogens is 2. The molecule has 21 heavy (non-hydrogen) atoms. The number of allylic oxidation sites excluding steroid dienone is 1. The molecular weight excluding hydrogens is 347 g/mol. The van der Waals surface area contributed by atoms with Crippen LogP contribution in [0.4, 0.5) is 24.8 Å². The highest BCUT2D eigenvalue weighted by molar-refractivity contribution is 9.10. The molecule has 0 saturated carbocycles. The van der Waals surface area contributed by atoms with Crippen LogP contribution in [0.25, 0.3) is 0 Å². The molecule has 0 amide bonds. The average molecular weight is 360 g/mol. The van der Waals surface area contributed by atoms with E-state index in [1.54, 1.807) is 16.8 Å². The highest BCUT2D eigenvalue weighted by atomic mass is 79.9. The van der Waals surface area contributed by atoms with E-state index in [2.05, 4.69) is 32.8 Å². The minimum absolute atomic E-state index is 0.306. The number of benzene rings is 1. The second kappa shape index (κ2) is 5.93. The van der Waals surface area contributed by atoms with E-state index in [4.69, 9.17) is 0 Å². The van der Waals surface area contributed by atoms with Gasteiger partial charge in [-0.1, -0.05) is 6.08 Å². The lowest BCUT2D eigenvalue weighted by atomic mass is 10.2. The van der Waals surface area contributed by atoms with Gasteiger partial charge in [0.1, 0.15) is 0 Å². The van der Waals surface area contributed by atoms with Crippen LogP contribution in [0.3, 0.4) is 0 Å². The maximum Gasteiger partial charge on any atom is 0.416 e. The van der Waals surface area contributed by atoms with E-state index < -0.39 is 11.7 Å². The van der Waals surface area contributed by atoms with E-state index in [9.17, 15) is 13.2 Å². The molecule has 0 unspecified atom stereocenters. The fraction of sp³-hybridized carbons (Fsp3) is 0.214. The summed E-state index contributed by atoms with van der Waals surface area (Å²) in [6.07, 6.45) is -0.900. The average Bonchev–Trinajstić information content (AvgIpc) is 2.71. The van der Waals surface area contributed by atoms with E-state index in [-0.39, 0.29) is 0 Å². The quantitative estimate of drug-likeness (QED) is 0.786. The molecule has 0 radical (unpaired) electrons. The zero-order valence-corrected chi connectivity index (χ0v) is 12.8. The van der Waals surface area contributed by atoms with Gasteiger partial charge in [0, 0.05) is 17.2 Å². The van der Waals surface area contributed by atoms with Crippen LogP contribution >= 0.6 is 15.9 Å². The Morgan fingerprint density at radius 3 is 2.76 bits per heavy atom. The molecular formula is C14H13BrF3N3. The van der Waals surface area contributed by atoms with Crippen LogP contribution in [0.5, 0.6) is 0 Å². The molecule has 3 nitrogen and oxygen atoms in total. The van der Waals surface area contributed by atoms with E-state index in [1.165, 1.54) is 6.07 Å². The summed E-state index contributed by atoms with van der Waals surface area (Å²) in [4.78, 5) is 4.26. The number of nitrogens with one attached hydrogen (secondary N) is 1. The van der Waals surface area contributed by atoms with Crippen LogP contribution in [0.2, 0.25) is 0 Å². The van der Waals surface area contributed by atoms with Gasteiger partial charge in [0.25, 0.3) is 0 Å². The molecule has 7 heteroatoms. The first-order chi connectivity index (χ1) is 9.81. The lowest BCUT2D eigenvalue weighted by molar-refractivity contribution is -0.137. The SMILES string of the molecule is C=CCn1cc(C)nc1Nc1cc(C(F)(F)F)ccc1Br. The van der Waals surface area contributed by atoms with Crippen molar-refractivity contribution >= 4 is 27.6 Å². The lowest BCUT2D eigenvalue weighted by Crippen LogP contribution is -2.07. The third-order valence-corrected chi connectivity index (χ3v) is 3.45. The predicted octanol–water partition coefficient (Wildman–Crippen LogP) is 4.90. The summed E-state index contributed by atoms with van der Waals surface area (Å²) in [7, 11) is 0. The molecule has 0 atom stereocenters. The molecule has 112 valence electrons. The van der Waals surface area contributed by atoms with Crippen molar-refractivity contribution in [3.8, 4) is 0 Å². The monoisotopic (exact) mass is 359 g/mol. The molecule has 0 spiro atoms. The van der Waals surface area contributed by atoms with Gasteiger partial charge in [-0.25, -0.2) is 4.98 Å². The van der Waals surface area contributed by atoms with Gasteiger partial charge in [-0.3, -0.25) is 0 Å². The van der Waals surface area contributed by atoms with Crippen molar-refractivity contribution in [2.75, 3.05) is 5.32 Å². The molecule has 1 heterocycles. The molecule has 0 aliphatic heterocycles. The molecule has 2 rings (SSSR count). The first-order valence-corrected chi connectivity index (χ1v) is 6.89. The van der Waals surface area contributed by atoms with Gasteiger partial charge < -0.3 is 9.88 Å². The van der Waals surface area contributed by atoms with E-state index in [1.807, 2.05) is 6.92 Å². The number of alkyl halides is 3. The Morgan fingerprint density at radius 2 is 2.14 bits per heavy atom. The Kier molecular flexibility index (Phi) is 4.41. The Balaban J connectivity index is 2.37. The molecule has 1 N–H and O–H groups in total. The zero-order chi connectivity index (χ0) is 15.6. The van der Waals surface area contributed by atoms with Gasteiger partial charge in [-0.05, 0) is 41.1 Å². The second-order valence-electron chi connectivity index (χ2n) is 4.46. The summed E-state index contributed by atoms with van der Waals surface area (Å²) in [5, 5.41) is 2.92. The summed E-state index contributed by atoms with van der Waals surface area (Å²) in [5.41, 5.74) is 0.356. The maximum absolute atomic E-state index is 12.8. The van der Waals surface area contributed by atoms with E-state index >= 15 is 0 Å². The number of rotatable bonds is 4. The molecule has 0 aliphatic carbocycles. The molecule has 0 saturated heterocycles. The van der Waals surface area contributed by atoms with Gasteiger partial charge in [0.15, 0.2) is 0 Å². The largest absolute Gasteiger partial charge is 0.416 e.